The van der Waals surface area contributed by atoms with Gasteiger partial charge in [0.1, 0.15) is 12.4 Å². The SMILES string of the molecule is Cc1ccc(OC[C@@H](O)CCN2CCN(c3ccc(Cl)c(Cl)c3)C2=O)cc1. The largest absolute Gasteiger partial charge is 0.491 e. The molecule has 0 unspecified atom stereocenters. The molecule has 27 heavy (non-hydrogen) atoms. The van der Waals surface area contributed by atoms with Crippen LogP contribution in [-0.4, -0.2) is 48.4 Å². The second-order valence-electron chi connectivity index (χ2n) is 6.59. The highest BCUT2D eigenvalue weighted by Gasteiger charge is 2.29. The van der Waals surface area contributed by atoms with Crippen molar-refractivity contribution in [3.05, 3.63) is 58.1 Å². The lowest BCUT2D eigenvalue weighted by molar-refractivity contribution is 0.0929. The van der Waals surface area contributed by atoms with E-state index in [1.165, 1.54) is 0 Å². The van der Waals surface area contributed by atoms with Crippen LogP contribution in [0.4, 0.5) is 10.5 Å². The molecule has 7 heteroatoms. The van der Waals surface area contributed by atoms with Gasteiger partial charge in [-0.15, -0.1) is 0 Å². The average molecular weight is 409 g/mol. The molecule has 2 aromatic carbocycles. The predicted molar refractivity (Wildman–Crippen MR) is 108 cm³/mol. The zero-order valence-corrected chi connectivity index (χ0v) is 16.6. The number of amides is 2. The predicted octanol–water partition coefficient (Wildman–Crippen LogP) is 4.37. The van der Waals surface area contributed by atoms with Crippen molar-refractivity contribution in [2.45, 2.75) is 19.4 Å². The molecule has 1 atom stereocenters. The van der Waals surface area contributed by atoms with Crippen LogP contribution in [0.15, 0.2) is 42.5 Å². The Balaban J connectivity index is 1.47. The fraction of sp³-hybridized carbons (Fsp3) is 0.350. The summed E-state index contributed by atoms with van der Waals surface area (Å²) in [4.78, 5) is 16.0. The van der Waals surface area contributed by atoms with Gasteiger partial charge in [-0.25, -0.2) is 4.79 Å². The summed E-state index contributed by atoms with van der Waals surface area (Å²) in [5, 5.41) is 11.0. The molecule has 1 N–H and O–H groups in total. The molecular weight excluding hydrogens is 387 g/mol. The Hall–Kier alpha value is -1.95. The van der Waals surface area contributed by atoms with Crippen molar-refractivity contribution in [3.8, 4) is 5.75 Å². The number of aliphatic hydroxyl groups excluding tert-OH is 1. The van der Waals surface area contributed by atoms with Crippen molar-refractivity contribution < 1.29 is 14.6 Å². The maximum atomic E-state index is 12.6. The van der Waals surface area contributed by atoms with Crippen molar-refractivity contribution >= 4 is 34.9 Å². The molecule has 5 nitrogen and oxygen atoms in total. The van der Waals surface area contributed by atoms with Gasteiger partial charge in [0, 0.05) is 25.3 Å². The fourth-order valence-corrected chi connectivity index (χ4v) is 3.19. The van der Waals surface area contributed by atoms with Gasteiger partial charge in [-0.2, -0.15) is 0 Å². The number of carbonyl (C=O) groups excluding carboxylic acids is 1. The van der Waals surface area contributed by atoms with E-state index in [9.17, 15) is 9.90 Å². The lowest BCUT2D eigenvalue weighted by Gasteiger charge is -2.20. The number of benzene rings is 2. The molecule has 2 aromatic rings. The molecule has 1 fully saturated rings. The highest BCUT2D eigenvalue weighted by molar-refractivity contribution is 6.42. The Labute approximate surface area is 169 Å². The van der Waals surface area contributed by atoms with Crippen LogP contribution in [0.2, 0.25) is 10.0 Å². The number of aliphatic hydroxyl groups is 1. The van der Waals surface area contributed by atoms with E-state index in [0.29, 0.717) is 36.1 Å². The van der Waals surface area contributed by atoms with Gasteiger partial charge >= 0.3 is 6.03 Å². The first-order valence-corrected chi connectivity index (χ1v) is 9.58. The molecule has 144 valence electrons. The van der Waals surface area contributed by atoms with E-state index in [1.807, 2.05) is 31.2 Å². The second-order valence-corrected chi connectivity index (χ2v) is 7.40. The van der Waals surface area contributed by atoms with Crippen LogP contribution in [0.3, 0.4) is 0 Å². The lowest BCUT2D eigenvalue weighted by atomic mass is 10.2. The minimum absolute atomic E-state index is 0.0972. The van der Waals surface area contributed by atoms with Crippen LogP contribution in [0, 0.1) is 6.92 Å². The molecule has 1 aliphatic heterocycles. The molecule has 0 aliphatic carbocycles. The first-order valence-electron chi connectivity index (χ1n) is 8.83. The van der Waals surface area contributed by atoms with Crippen molar-refractivity contribution in [3.63, 3.8) is 0 Å². The third kappa shape index (κ3) is 5.06. The number of hydrogen-bond donors (Lipinski definition) is 1. The third-order valence-corrected chi connectivity index (χ3v) is 5.24. The van der Waals surface area contributed by atoms with Gasteiger partial charge in [0.25, 0.3) is 0 Å². The number of ether oxygens (including phenoxy) is 1. The summed E-state index contributed by atoms with van der Waals surface area (Å²) >= 11 is 12.0. The molecule has 3 rings (SSSR count). The van der Waals surface area contributed by atoms with E-state index in [0.717, 1.165) is 17.0 Å². The van der Waals surface area contributed by atoms with Crippen LogP contribution in [-0.2, 0) is 0 Å². The van der Waals surface area contributed by atoms with Crippen LogP contribution in [0.25, 0.3) is 0 Å². The topological polar surface area (TPSA) is 53.0 Å². The zero-order chi connectivity index (χ0) is 19.4. The molecular formula is C20H22Cl2N2O3. The number of hydrogen-bond acceptors (Lipinski definition) is 3. The van der Waals surface area contributed by atoms with Crippen molar-refractivity contribution in [2.24, 2.45) is 0 Å². The summed E-state index contributed by atoms with van der Waals surface area (Å²) in [7, 11) is 0. The number of anilines is 1. The number of halogens is 2. The van der Waals surface area contributed by atoms with Gasteiger partial charge in [-0.1, -0.05) is 40.9 Å². The Morgan fingerprint density at radius 3 is 2.56 bits per heavy atom. The molecule has 0 spiro atoms. The van der Waals surface area contributed by atoms with Gasteiger partial charge in [-0.05, 0) is 43.7 Å². The van der Waals surface area contributed by atoms with E-state index in [4.69, 9.17) is 27.9 Å². The van der Waals surface area contributed by atoms with E-state index < -0.39 is 6.10 Å². The van der Waals surface area contributed by atoms with Gasteiger partial charge in [0.15, 0.2) is 0 Å². The van der Waals surface area contributed by atoms with Crippen molar-refractivity contribution in [1.29, 1.82) is 0 Å². The normalized spacial score (nSPS) is 15.3. The molecule has 1 saturated heterocycles. The first-order chi connectivity index (χ1) is 12.9. The van der Waals surface area contributed by atoms with E-state index in [-0.39, 0.29) is 12.6 Å². The first kappa shape index (κ1) is 19.8. The molecule has 0 radical (unpaired) electrons. The maximum absolute atomic E-state index is 12.6. The summed E-state index contributed by atoms with van der Waals surface area (Å²) in [6.07, 6.45) is -0.189. The fourth-order valence-electron chi connectivity index (χ4n) is 2.90. The Bertz CT molecular complexity index is 798. The van der Waals surface area contributed by atoms with Gasteiger partial charge < -0.3 is 14.7 Å². The Kier molecular flexibility index (Phi) is 6.47. The summed E-state index contributed by atoms with van der Waals surface area (Å²) in [6, 6.07) is 12.7. The quantitative estimate of drug-likeness (QED) is 0.739. The third-order valence-electron chi connectivity index (χ3n) is 4.51. The van der Waals surface area contributed by atoms with Crippen LogP contribution in [0.1, 0.15) is 12.0 Å². The standard InChI is InChI=1S/C20H22Cl2N2O3/c1-14-2-5-17(6-3-14)27-13-16(25)8-9-23-10-11-24(20(23)26)15-4-7-18(21)19(22)12-15/h2-7,12,16,25H,8-11,13H2,1H3/t16-/m0/s1. The minimum Gasteiger partial charge on any atom is -0.491 e. The smallest absolute Gasteiger partial charge is 0.324 e. The highest BCUT2D eigenvalue weighted by atomic mass is 35.5. The van der Waals surface area contributed by atoms with E-state index in [1.54, 1.807) is 28.0 Å². The van der Waals surface area contributed by atoms with Gasteiger partial charge in [-0.3, -0.25) is 4.90 Å². The van der Waals surface area contributed by atoms with E-state index in [2.05, 4.69) is 0 Å². The summed E-state index contributed by atoms with van der Waals surface area (Å²) < 4.78 is 5.59. The van der Waals surface area contributed by atoms with Crippen LogP contribution >= 0.6 is 23.2 Å². The minimum atomic E-state index is -0.641. The van der Waals surface area contributed by atoms with Crippen LogP contribution in [0.5, 0.6) is 5.75 Å². The molecule has 2 amide bonds. The Morgan fingerprint density at radius 1 is 1.11 bits per heavy atom. The summed E-state index contributed by atoms with van der Waals surface area (Å²) in [5.41, 5.74) is 1.88. The molecule has 1 aliphatic rings. The number of rotatable bonds is 7. The second kappa shape index (κ2) is 8.83. The van der Waals surface area contributed by atoms with Gasteiger partial charge in [0.05, 0.1) is 16.1 Å². The number of urea groups is 1. The molecule has 0 aromatic heterocycles. The monoisotopic (exact) mass is 408 g/mol. The number of aryl methyl sites for hydroxylation is 1. The van der Waals surface area contributed by atoms with Crippen LogP contribution < -0.4 is 9.64 Å². The Morgan fingerprint density at radius 2 is 1.85 bits per heavy atom. The average Bonchev–Trinajstić information content (AvgIpc) is 3.02. The summed E-state index contributed by atoms with van der Waals surface area (Å²) in [5.74, 6) is 0.725. The molecule has 0 saturated carbocycles. The highest BCUT2D eigenvalue weighted by Crippen LogP contribution is 2.29. The number of carbonyl (C=O) groups is 1. The van der Waals surface area contributed by atoms with Crippen molar-refractivity contribution in [2.75, 3.05) is 31.1 Å². The molecule has 0 bridgehead atoms. The van der Waals surface area contributed by atoms with E-state index >= 15 is 0 Å². The summed E-state index contributed by atoms with van der Waals surface area (Å²) in [6.45, 7) is 3.85. The van der Waals surface area contributed by atoms with Crippen molar-refractivity contribution in [1.82, 2.24) is 4.90 Å². The molecule has 1 heterocycles. The lowest BCUT2D eigenvalue weighted by Crippen LogP contribution is -2.34. The number of nitrogens with zero attached hydrogens (tertiary/aromatic N) is 2. The zero-order valence-electron chi connectivity index (χ0n) is 15.1. The van der Waals surface area contributed by atoms with Gasteiger partial charge in [0.2, 0.25) is 0 Å². The maximum Gasteiger partial charge on any atom is 0.324 e.